The lowest BCUT2D eigenvalue weighted by atomic mass is 9.90. The summed E-state index contributed by atoms with van der Waals surface area (Å²) >= 11 is 0. The van der Waals surface area contributed by atoms with Gasteiger partial charge in [0.25, 0.3) is 0 Å². The van der Waals surface area contributed by atoms with Gasteiger partial charge in [-0.1, -0.05) is 60.7 Å². The van der Waals surface area contributed by atoms with Crippen molar-refractivity contribution in [2.75, 3.05) is 0 Å². The summed E-state index contributed by atoms with van der Waals surface area (Å²) in [5, 5.41) is 10.6. The van der Waals surface area contributed by atoms with E-state index in [4.69, 9.17) is 0 Å². The van der Waals surface area contributed by atoms with Crippen molar-refractivity contribution in [1.29, 1.82) is 0 Å². The highest BCUT2D eigenvalue weighted by Crippen LogP contribution is 2.29. The third kappa shape index (κ3) is 4.03. The van der Waals surface area contributed by atoms with Gasteiger partial charge in [0.1, 0.15) is 0 Å². The minimum Gasteiger partial charge on any atom is -0.348 e. The molecule has 5 nitrogen and oxygen atoms in total. The largest absolute Gasteiger partial charge is 0.417 e. The highest BCUT2D eigenvalue weighted by Gasteiger charge is 2.31. The van der Waals surface area contributed by atoms with Crippen LogP contribution in [-0.2, 0) is 17.5 Å². The van der Waals surface area contributed by atoms with Crippen LogP contribution in [-0.4, -0.2) is 20.5 Å². The van der Waals surface area contributed by atoms with E-state index in [0.29, 0.717) is 0 Å². The van der Waals surface area contributed by atoms with E-state index in [2.05, 4.69) is 15.5 Å². The topological polar surface area (TPSA) is 59.3 Å². The molecule has 152 valence electrons. The second-order valence-electron chi connectivity index (χ2n) is 6.73. The van der Waals surface area contributed by atoms with Gasteiger partial charge in [0.05, 0.1) is 18.0 Å². The molecule has 1 N–H and O–H groups in total. The fourth-order valence-electron chi connectivity index (χ4n) is 3.28. The predicted octanol–water partition coefficient (Wildman–Crippen LogP) is 4.20. The molecule has 4 rings (SSSR count). The molecular weight excluding hydrogens is 393 g/mol. The maximum atomic E-state index is 13.1. The van der Waals surface area contributed by atoms with Gasteiger partial charge in [0.2, 0.25) is 5.91 Å². The van der Waals surface area contributed by atoms with E-state index < -0.39 is 17.7 Å². The number of halogens is 3. The van der Waals surface area contributed by atoms with E-state index in [-0.39, 0.29) is 23.9 Å². The number of benzene rings is 2. The third-order valence-electron chi connectivity index (χ3n) is 4.75. The van der Waals surface area contributed by atoms with Gasteiger partial charge in [0.15, 0.2) is 11.5 Å². The normalized spacial score (nSPS) is 11.7. The van der Waals surface area contributed by atoms with Crippen molar-refractivity contribution in [3.63, 3.8) is 0 Å². The van der Waals surface area contributed by atoms with Crippen molar-refractivity contribution in [2.45, 2.75) is 18.6 Å². The minimum atomic E-state index is -4.48. The number of alkyl halides is 3. The first-order chi connectivity index (χ1) is 14.4. The van der Waals surface area contributed by atoms with Gasteiger partial charge < -0.3 is 5.32 Å². The van der Waals surface area contributed by atoms with E-state index in [1.165, 1.54) is 10.5 Å². The van der Waals surface area contributed by atoms with Crippen molar-refractivity contribution >= 4 is 11.6 Å². The predicted molar refractivity (Wildman–Crippen MR) is 105 cm³/mol. The number of pyridine rings is 1. The Labute approximate surface area is 170 Å². The summed E-state index contributed by atoms with van der Waals surface area (Å²) in [6, 6.07) is 20.8. The van der Waals surface area contributed by atoms with Crippen LogP contribution in [0.5, 0.6) is 0 Å². The fourth-order valence-corrected chi connectivity index (χ4v) is 3.28. The maximum absolute atomic E-state index is 13.1. The van der Waals surface area contributed by atoms with Crippen molar-refractivity contribution in [1.82, 2.24) is 19.9 Å². The Balaban J connectivity index is 1.60. The van der Waals surface area contributed by atoms with E-state index >= 15 is 0 Å². The van der Waals surface area contributed by atoms with Crippen LogP contribution in [0.25, 0.3) is 5.65 Å². The lowest BCUT2D eigenvalue weighted by Gasteiger charge is -2.17. The molecule has 30 heavy (non-hydrogen) atoms. The molecule has 2 aromatic heterocycles. The smallest absolute Gasteiger partial charge is 0.348 e. The van der Waals surface area contributed by atoms with Crippen LogP contribution in [0.3, 0.4) is 0 Å². The van der Waals surface area contributed by atoms with E-state index in [1.807, 2.05) is 60.7 Å². The first-order valence-electron chi connectivity index (χ1n) is 9.22. The number of hydrogen-bond donors (Lipinski definition) is 1. The Kier molecular flexibility index (Phi) is 5.22. The van der Waals surface area contributed by atoms with Crippen molar-refractivity contribution in [3.05, 3.63) is 102 Å². The molecule has 2 aromatic carbocycles. The molecule has 0 spiro atoms. The number of hydrogen-bond acceptors (Lipinski definition) is 3. The molecule has 0 fully saturated rings. The van der Waals surface area contributed by atoms with E-state index in [1.54, 1.807) is 0 Å². The molecule has 4 aromatic rings. The average Bonchev–Trinajstić information content (AvgIpc) is 3.16. The van der Waals surface area contributed by atoms with Gasteiger partial charge in [-0.2, -0.15) is 13.2 Å². The van der Waals surface area contributed by atoms with Crippen LogP contribution in [0, 0.1) is 0 Å². The third-order valence-corrected chi connectivity index (χ3v) is 4.75. The molecule has 0 saturated carbocycles. The SMILES string of the molecule is O=C(NCc1nnc2ccc(C(F)(F)F)cn12)C(c1ccccc1)c1ccccc1. The van der Waals surface area contributed by atoms with Crippen LogP contribution in [0.2, 0.25) is 0 Å². The lowest BCUT2D eigenvalue weighted by molar-refractivity contribution is -0.137. The van der Waals surface area contributed by atoms with Crippen LogP contribution < -0.4 is 5.32 Å². The lowest BCUT2D eigenvalue weighted by Crippen LogP contribution is -2.30. The molecule has 1 amide bonds. The Bertz CT molecular complexity index is 1120. The molecule has 0 saturated heterocycles. The second-order valence-corrected chi connectivity index (χ2v) is 6.73. The number of nitrogens with zero attached hydrogens (tertiary/aromatic N) is 3. The molecule has 0 aliphatic heterocycles. The molecule has 0 radical (unpaired) electrons. The molecule has 0 bridgehead atoms. The van der Waals surface area contributed by atoms with Gasteiger partial charge in [-0.05, 0) is 23.3 Å². The number of rotatable bonds is 5. The van der Waals surface area contributed by atoms with Crippen molar-refractivity contribution in [3.8, 4) is 0 Å². The van der Waals surface area contributed by atoms with Gasteiger partial charge in [-0.15, -0.1) is 10.2 Å². The molecule has 0 aliphatic carbocycles. The molecule has 2 heterocycles. The number of carbonyl (C=O) groups is 1. The molecular formula is C22H17F3N4O. The van der Waals surface area contributed by atoms with Crippen molar-refractivity contribution in [2.24, 2.45) is 0 Å². The zero-order valence-corrected chi connectivity index (χ0v) is 15.7. The number of nitrogens with one attached hydrogen (secondary N) is 1. The van der Waals surface area contributed by atoms with Gasteiger partial charge >= 0.3 is 6.18 Å². The number of carbonyl (C=O) groups excluding carboxylic acids is 1. The Morgan fingerprint density at radius 2 is 1.50 bits per heavy atom. The highest BCUT2D eigenvalue weighted by atomic mass is 19.4. The zero-order chi connectivity index (χ0) is 21.1. The Hall–Kier alpha value is -3.68. The van der Waals surface area contributed by atoms with Crippen LogP contribution in [0.15, 0.2) is 79.0 Å². The highest BCUT2D eigenvalue weighted by molar-refractivity contribution is 5.87. The number of aromatic nitrogens is 3. The maximum Gasteiger partial charge on any atom is 0.417 e. The van der Waals surface area contributed by atoms with Crippen LogP contribution in [0.1, 0.15) is 28.4 Å². The van der Waals surface area contributed by atoms with Crippen molar-refractivity contribution < 1.29 is 18.0 Å². The first kappa shape index (κ1) is 19.6. The minimum absolute atomic E-state index is 0.0581. The molecule has 0 aliphatic rings. The van der Waals surface area contributed by atoms with Gasteiger partial charge in [0, 0.05) is 6.20 Å². The van der Waals surface area contributed by atoms with Gasteiger partial charge in [-0.25, -0.2) is 0 Å². The summed E-state index contributed by atoms with van der Waals surface area (Å²) in [6.45, 7) is -0.0581. The first-order valence-corrected chi connectivity index (χ1v) is 9.22. The summed E-state index contributed by atoms with van der Waals surface area (Å²) in [5.41, 5.74) is 1.09. The van der Waals surface area contributed by atoms with Crippen LogP contribution >= 0.6 is 0 Å². The summed E-state index contributed by atoms with van der Waals surface area (Å²) in [7, 11) is 0. The molecule has 8 heteroatoms. The summed E-state index contributed by atoms with van der Waals surface area (Å²) in [5.74, 6) is -0.627. The van der Waals surface area contributed by atoms with Gasteiger partial charge in [-0.3, -0.25) is 9.20 Å². The number of amides is 1. The Morgan fingerprint density at radius 3 is 2.07 bits per heavy atom. The summed E-state index contributed by atoms with van der Waals surface area (Å²) in [4.78, 5) is 13.1. The molecule has 0 atom stereocenters. The molecule has 0 unspecified atom stereocenters. The quantitative estimate of drug-likeness (QED) is 0.537. The monoisotopic (exact) mass is 410 g/mol. The average molecular weight is 410 g/mol. The summed E-state index contributed by atoms with van der Waals surface area (Å²) < 4.78 is 40.3. The zero-order valence-electron chi connectivity index (χ0n) is 15.7. The summed E-state index contributed by atoms with van der Waals surface area (Å²) in [6.07, 6.45) is -3.55. The second kappa shape index (κ2) is 7.98. The fraction of sp³-hybridized carbons (Fsp3) is 0.136. The van der Waals surface area contributed by atoms with E-state index in [9.17, 15) is 18.0 Å². The standard InChI is InChI=1S/C22H17F3N4O/c23-22(24,25)17-11-12-18-27-28-19(29(18)14-17)13-26-21(30)20(15-7-3-1-4-8-15)16-9-5-2-6-10-16/h1-12,14,20H,13H2,(H,26,30). The van der Waals surface area contributed by atoms with E-state index in [0.717, 1.165) is 23.4 Å². The number of fused-ring (bicyclic) bond motifs is 1. The Morgan fingerprint density at radius 1 is 0.900 bits per heavy atom. The van der Waals surface area contributed by atoms with Crippen LogP contribution in [0.4, 0.5) is 13.2 Å².